The summed E-state index contributed by atoms with van der Waals surface area (Å²) in [5.74, 6) is -0.201. The van der Waals surface area contributed by atoms with E-state index in [1.54, 1.807) is 0 Å². The smallest absolute Gasteiger partial charge is 0.273 e. The third kappa shape index (κ3) is 3.65. The second kappa shape index (κ2) is 5.44. The molecule has 0 amide bonds. The number of nitrogens with zero attached hydrogens (tertiary/aromatic N) is 1. The lowest BCUT2D eigenvalue weighted by molar-refractivity contribution is -0.385. The molecule has 0 aromatic heterocycles. The maximum absolute atomic E-state index is 12.0. The highest BCUT2D eigenvalue weighted by molar-refractivity contribution is 7.90. The summed E-state index contributed by atoms with van der Waals surface area (Å²) in [6.07, 6.45) is 0. The molecule has 0 radical (unpaired) electrons. The Morgan fingerprint density at radius 3 is 2.63 bits per heavy atom. The zero-order valence-corrected chi connectivity index (χ0v) is 11.6. The van der Waals surface area contributed by atoms with Gasteiger partial charge in [0.2, 0.25) is 0 Å². The minimum Gasteiger partial charge on any atom is -0.316 e. The third-order valence-electron chi connectivity index (χ3n) is 2.97. The van der Waals surface area contributed by atoms with Crippen LogP contribution in [0.3, 0.4) is 0 Å². The van der Waals surface area contributed by atoms with Crippen molar-refractivity contribution in [2.75, 3.05) is 18.8 Å². The van der Waals surface area contributed by atoms with Crippen molar-refractivity contribution in [2.24, 2.45) is 5.92 Å². The molecule has 1 heterocycles. The maximum atomic E-state index is 12.0. The van der Waals surface area contributed by atoms with E-state index in [4.69, 9.17) is 11.6 Å². The topological polar surface area (TPSA) is 89.3 Å². The van der Waals surface area contributed by atoms with Crippen LogP contribution in [0.4, 0.5) is 5.69 Å². The van der Waals surface area contributed by atoms with Gasteiger partial charge in [-0.2, -0.15) is 0 Å². The number of hydrogen-bond donors (Lipinski definition) is 1. The number of halogens is 1. The van der Waals surface area contributed by atoms with E-state index in [1.165, 1.54) is 18.2 Å². The van der Waals surface area contributed by atoms with Crippen molar-refractivity contribution in [1.82, 2.24) is 5.32 Å². The first kappa shape index (κ1) is 14.2. The van der Waals surface area contributed by atoms with Gasteiger partial charge in [0.05, 0.1) is 16.4 Å². The quantitative estimate of drug-likeness (QED) is 0.656. The molecule has 1 aliphatic heterocycles. The zero-order valence-electron chi connectivity index (χ0n) is 10.0. The maximum Gasteiger partial charge on any atom is 0.273 e. The summed E-state index contributed by atoms with van der Waals surface area (Å²) in [5.41, 5.74) is -0.0653. The average molecular weight is 305 g/mol. The molecular formula is C11H13ClN2O4S. The van der Waals surface area contributed by atoms with Gasteiger partial charge in [-0.05, 0) is 18.1 Å². The number of rotatable bonds is 5. The molecule has 2 rings (SSSR count). The summed E-state index contributed by atoms with van der Waals surface area (Å²) >= 11 is 5.77. The van der Waals surface area contributed by atoms with E-state index in [1.807, 2.05) is 0 Å². The molecule has 1 saturated heterocycles. The Bertz CT molecular complexity index is 599. The fraction of sp³-hybridized carbons (Fsp3) is 0.455. The van der Waals surface area contributed by atoms with Crippen molar-refractivity contribution >= 4 is 27.1 Å². The normalized spacial score (nSPS) is 16.1. The van der Waals surface area contributed by atoms with Gasteiger partial charge in [-0.15, -0.1) is 0 Å². The van der Waals surface area contributed by atoms with Gasteiger partial charge in [-0.3, -0.25) is 10.1 Å². The van der Waals surface area contributed by atoms with Crippen LogP contribution in [-0.4, -0.2) is 32.2 Å². The van der Waals surface area contributed by atoms with Gasteiger partial charge in [0.1, 0.15) is 0 Å². The zero-order chi connectivity index (χ0) is 14.0. The highest BCUT2D eigenvalue weighted by atomic mass is 35.5. The molecule has 0 atom stereocenters. The molecule has 1 fully saturated rings. The molecule has 19 heavy (non-hydrogen) atoms. The van der Waals surface area contributed by atoms with Crippen LogP contribution in [0, 0.1) is 16.0 Å². The van der Waals surface area contributed by atoms with E-state index in [0.29, 0.717) is 18.1 Å². The molecule has 8 heteroatoms. The summed E-state index contributed by atoms with van der Waals surface area (Å²) in [6.45, 7) is 1.35. The second-order valence-electron chi connectivity index (χ2n) is 4.61. The summed E-state index contributed by atoms with van der Waals surface area (Å²) < 4.78 is 24.0. The van der Waals surface area contributed by atoms with Gasteiger partial charge >= 0.3 is 0 Å². The van der Waals surface area contributed by atoms with Crippen LogP contribution in [0.15, 0.2) is 18.2 Å². The van der Waals surface area contributed by atoms with Crippen LogP contribution in [-0.2, 0) is 15.6 Å². The van der Waals surface area contributed by atoms with Gasteiger partial charge in [-0.25, -0.2) is 8.42 Å². The Hall–Kier alpha value is -1.18. The first-order valence-corrected chi connectivity index (χ1v) is 7.91. The van der Waals surface area contributed by atoms with E-state index in [2.05, 4.69) is 5.32 Å². The monoisotopic (exact) mass is 304 g/mol. The van der Waals surface area contributed by atoms with Gasteiger partial charge in [-0.1, -0.05) is 11.6 Å². The van der Waals surface area contributed by atoms with Crippen LogP contribution in [0.1, 0.15) is 5.56 Å². The van der Waals surface area contributed by atoms with Gasteiger partial charge in [0, 0.05) is 29.7 Å². The number of benzene rings is 1. The number of nitro benzene ring substituents is 1. The molecule has 0 bridgehead atoms. The largest absolute Gasteiger partial charge is 0.316 e. The first-order valence-electron chi connectivity index (χ1n) is 5.71. The Morgan fingerprint density at radius 1 is 1.42 bits per heavy atom. The Morgan fingerprint density at radius 2 is 2.11 bits per heavy atom. The highest BCUT2D eigenvalue weighted by Gasteiger charge is 2.27. The van der Waals surface area contributed by atoms with E-state index in [0.717, 1.165) is 0 Å². The van der Waals surface area contributed by atoms with Crippen LogP contribution < -0.4 is 5.32 Å². The van der Waals surface area contributed by atoms with Crippen molar-refractivity contribution in [2.45, 2.75) is 5.75 Å². The summed E-state index contributed by atoms with van der Waals surface area (Å²) in [7, 11) is -3.37. The number of sulfone groups is 1. The third-order valence-corrected chi connectivity index (χ3v) is 4.93. The molecule has 1 aliphatic rings. The molecule has 0 aliphatic carbocycles. The predicted molar refractivity (Wildman–Crippen MR) is 72.0 cm³/mol. The van der Waals surface area contributed by atoms with E-state index >= 15 is 0 Å². The first-order chi connectivity index (χ1) is 8.87. The van der Waals surface area contributed by atoms with Crippen LogP contribution >= 0.6 is 11.6 Å². The standard InChI is InChI=1S/C11H13ClN2O4S/c12-10-1-2-11(14(15)16)9(3-10)7-19(17,18)6-8-4-13-5-8/h1-3,8,13H,4-7H2. The molecule has 6 nitrogen and oxygen atoms in total. The number of hydrogen-bond acceptors (Lipinski definition) is 5. The fourth-order valence-electron chi connectivity index (χ4n) is 1.97. The van der Waals surface area contributed by atoms with Crippen molar-refractivity contribution in [3.8, 4) is 0 Å². The number of nitrogens with one attached hydrogen (secondary N) is 1. The van der Waals surface area contributed by atoms with Crippen molar-refractivity contribution < 1.29 is 13.3 Å². The molecule has 1 aromatic rings. The number of nitro groups is 1. The predicted octanol–water partition coefficient (Wildman–Crippen LogP) is 1.38. The fourth-order valence-corrected chi connectivity index (χ4v) is 3.94. The van der Waals surface area contributed by atoms with Crippen molar-refractivity contribution in [3.05, 3.63) is 38.9 Å². The van der Waals surface area contributed by atoms with E-state index < -0.39 is 14.8 Å². The Balaban J connectivity index is 2.21. The van der Waals surface area contributed by atoms with Gasteiger partial charge in [0.15, 0.2) is 9.84 Å². The Kier molecular flexibility index (Phi) is 4.07. The minimum absolute atomic E-state index is 0.0453. The summed E-state index contributed by atoms with van der Waals surface area (Å²) in [6, 6.07) is 3.96. The van der Waals surface area contributed by atoms with Gasteiger partial charge in [0.25, 0.3) is 5.69 Å². The molecule has 0 saturated carbocycles. The van der Waals surface area contributed by atoms with E-state index in [9.17, 15) is 18.5 Å². The Labute approximate surface area is 115 Å². The highest BCUT2D eigenvalue weighted by Crippen LogP contribution is 2.25. The lowest BCUT2D eigenvalue weighted by atomic mass is 10.1. The van der Waals surface area contributed by atoms with Crippen molar-refractivity contribution in [3.63, 3.8) is 0 Å². The minimum atomic E-state index is -3.37. The molecular weight excluding hydrogens is 292 g/mol. The summed E-state index contributed by atoms with van der Waals surface area (Å²) in [5, 5.41) is 14.2. The molecule has 104 valence electrons. The van der Waals surface area contributed by atoms with Crippen LogP contribution in [0.5, 0.6) is 0 Å². The lowest BCUT2D eigenvalue weighted by Crippen LogP contribution is -2.45. The lowest BCUT2D eigenvalue weighted by Gasteiger charge is -2.26. The van der Waals surface area contributed by atoms with Gasteiger partial charge < -0.3 is 5.32 Å². The van der Waals surface area contributed by atoms with E-state index in [-0.39, 0.29) is 28.7 Å². The molecule has 0 spiro atoms. The molecule has 0 unspecified atom stereocenters. The molecule has 1 aromatic carbocycles. The van der Waals surface area contributed by atoms with Crippen molar-refractivity contribution in [1.29, 1.82) is 0 Å². The second-order valence-corrected chi connectivity index (χ2v) is 7.15. The molecule has 1 N–H and O–H groups in total. The van der Waals surface area contributed by atoms with Crippen LogP contribution in [0.2, 0.25) is 5.02 Å². The SMILES string of the molecule is O=[N+]([O-])c1ccc(Cl)cc1CS(=O)(=O)CC1CNC1. The summed E-state index contributed by atoms with van der Waals surface area (Å²) in [4.78, 5) is 10.3. The van der Waals surface area contributed by atoms with Crippen LogP contribution in [0.25, 0.3) is 0 Å². The average Bonchev–Trinajstić information content (AvgIpc) is 2.23.